The highest BCUT2D eigenvalue weighted by Crippen LogP contribution is 2.28. The SMILES string of the molecule is Cc1nc(-c2cccnc2)sc1C(=O)N(C)CC1COCCO1. The van der Waals surface area contributed by atoms with Crippen LogP contribution in [-0.2, 0) is 9.47 Å². The smallest absolute Gasteiger partial charge is 0.265 e. The lowest BCUT2D eigenvalue weighted by molar-refractivity contribution is -0.0933. The molecule has 23 heavy (non-hydrogen) atoms. The molecule has 122 valence electrons. The summed E-state index contributed by atoms with van der Waals surface area (Å²) < 4.78 is 11.0. The number of hydrogen-bond donors (Lipinski definition) is 0. The summed E-state index contributed by atoms with van der Waals surface area (Å²) in [7, 11) is 1.78. The number of likely N-dealkylation sites (N-methyl/N-ethyl adjacent to an activating group) is 1. The molecule has 3 heterocycles. The summed E-state index contributed by atoms with van der Waals surface area (Å²) in [6.45, 7) is 4.10. The largest absolute Gasteiger partial charge is 0.376 e. The molecule has 1 aliphatic rings. The molecule has 6 nitrogen and oxygen atoms in total. The molecule has 3 rings (SSSR count). The van der Waals surface area contributed by atoms with Crippen LogP contribution < -0.4 is 0 Å². The van der Waals surface area contributed by atoms with Crippen molar-refractivity contribution in [1.29, 1.82) is 0 Å². The maximum atomic E-state index is 12.7. The van der Waals surface area contributed by atoms with Gasteiger partial charge in [0.1, 0.15) is 9.88 Å². The maximum absolute atomic E-state index is 12.7. The van der Waals surface area contributed by atoms with E-state index in [0.29, 0.717) is 31.2 Å². The number of pyridine rings is 1. The molecule has 0 bridgehead atoms. The molecule has 7 heteroatoms. The summed E-state index contributed by atoms with van der Waals surface area (Å²) in [5.41, 5.74) is 1.66. The van der Waals surface area contributed by atoms with Crippen molar-refractivity contribution in [2.24, 2.45) is 0 Å². The van der Waals surface area contributed by atoms with Crippen molar-refractivity contribution in [1.82, 2.24) is 14.9 Å². The lowest BCUT2D eigenvalue weighted by Gasteiger charge is -2.27. The number of thiazole rings is 1. The Balaban J connectivity index is 1.73. The van der Waals surface area contributed by atoms with Crippen LogP contribution in [-0.4, -0.2) is 60.3 Å². The van der Waals surface area contributed by atoms with Crippen LogP contribution in [0.3, 0.4) is 0 Å². The third-order valence-electron chi connectivity index (χ3n) is 3.61. The van der Waals surface area contributed by atoms with E-state index in [1.54, 1.807) is 24.3 Å². The average Bonchev–Trinajstić information content (AvgIpc) is 2.97. The molecule has 2 aromatic rings. The van der Waals surface area contributed by atoms with Crippen molar-refractivity contribution < 1.29 is 14.3 Å². The molecule has 1 amide bonds. The quantitative estimate of drug-likeness (QED) is 0.856. The lowest BCUT2D eigenvalue weighted by atomic mass is 10.3. The molecule has 2 aromatic heterocycles. The first-order valence-electron chi connectivity index (χ1n) is 7.48. The average molecular weight is 333 g/mol. The van der Waals surface area contributed by atoms with Gasteiger partial charge in [0.05, 0.1) is 31.6 Å². The van der Waals surface area contributed by atoms with Crippen molar-refractivity contribution in [3.63, 3.8) is 0 Å². The molecular formula is C16H19N3O3S. The number of aromatic nitrogens is 2. The molecule has 0 radical (unpaired) electrons. The first kappa shape index (κ1) is 16.0. The van der Waals surface area contributed by atoms with E-state index in [2.05, 4.69) is 9.97 Å². The Kier molecular flexibility index (Phi) is 5.00. The highest BCUT2D eigenvalue weighted by Gasteiger charge is 2.23. The third-order valence-corrected chi connectivity index (χ3v) is 4.80. The van der Waals surface area contributed by atoms with Gasteiger partial charge in [-0.25, -0.2) is 4.98 Å². The molecule has 1 atom stereocenters. The first-order chi connectivity index (χ1) is 11.1. The van der Waals surface area contributed by atoms with E-state index in [4.69, 9.17) is 9.47 Å². The molecule has 0 spiro atoms. The standard InChI is InChI=1S/C16H19N3O3S/c1-11-14(23-15(18-11)12-4-3-5-17-8-12)16(20)19(2)9-13-10-21-6-7-22-13/h3-5,8,13H,6-7,9-10H2,1-2H3. The zero-order valence-corrected chi connectivity index (χ0v) is 14.0. The van der Waals surface area contributed by atoms with E-state index < -0.39 is 0 Å². The Morgan fingerprint density at radius 3 is 3.04 bits per heavy atom. The van der Waals surface area contributed by atoms with Gasteiger partial charge in [-0.15, -0.1) is 11.3 Å². The Morgan fingerprint density at radius 2 is 2.35 bits per heavy atom. The van der Waals surface area contributed by atoms with Gasteiger partial charge in [-0.3, -0.25) is 9.78 Å². The number of amides is 1. The number of nitrogens with zero attached hydrogens (tertiary/aromatic N) is 3. The van der Waals surface area contributed by atoms with Crippen LogP contribution in [0.15, 0.2) is 24.5 Å². The van der Waals surface area contributed by atoms with Crippen molar-refractivity contribution in [2.75, 3.05) is 33.4 Å². The molecule has 0 aromatic carbocycles. The monoisotopic (exact) mass is 333 g/mol. The topological polar surface area (TPSA) is 64.6 Å². The molecule has 1 aliphatic heterocycles. The molecular weight excluding hydrogens is 314 g/mol. The molecule has 1 saturated heterocycles. The highest BCUT2D eigenvalue weighted by atomic mass is 32.1. The van der Waals surface area contributed by atoms with E-state index in [1.165, 1.54) is 11.3 Å². The number of hydrogen-bond acceptors (Lipinski definition) is 6. The van der Waals surface area contributed by atoms with E-state index >= 15 is 0 Å². The van der Waals surface area contributed by atoms with Gasteiger partial charge in [-0.05, 0) is 19.1 Å². The molecule has 0 N–H and O–H groups in total. The predicted octanol–water partition coefficient (Wildman–Crippen LogP) is 2.00. The van der Waals surface area contributed by atoms with Gasteiger partial charge in [0, 0.05) is 31.5 Å². The second-order valence-corrected chi connectivity index (χ2v) is 6.43. The van der Waals surface area contributed by atoms with Crippen LogP contribution in [0.25, 0.3) is 10.6 Å². The van der Waals surface area contributed by atoms with Crippen LogP contribution >= 0.6 is 11.3 Å². The van der Waals surface area contributed by atoms with Crippen molar-refractivity contribution in [3.8, 4) is 10.6 Å². The summed E-state index contributed by atoms with van der Waals surface area (Å²) in [6, 6.07) is 3.80. The highest BCUT2D eigenvalue weighted by molar-refractivity contribution is 7.17. The Labute approximate surface area is 139 Å². The Morgan fingerprint density at radius 1 is 1.48 bits per heavy atom. The lowest BCUT2D eigenvalue weighted by Crippen LogP contribution is -2.40. The van der Waals surface area contributed by atoms with Crippen molar-refractivity contribution in [2.45, 2.75) is 13.0 Å². The fraction of sp³-hybridized carbons (Fsp3) is 0.438. The van der Waals surface area contributed by atoms with E-state index in [9.17, 15) is 4.79 Å². The van der Waals surface area contributed by atoms with Crippen LogP contribution in [0.1, 0.15) is 15.4 Å². The van der Waals surface area contributed by atoms with Crippen LogP contribution in [0, 0.1) is 6.92 Å². The minimum atomic E-state index is -0.0660. The maximum Gasteiger partial charge on any atom is 0.265 e. The van der Waals surface area contributed by atoms with Gasteiger partial charge in [0.2, 0.25) is 0 Å². The number of rotatable bonds is 4. The fourth-order valence-electron chi connectivity index (χ4n) is 2.41. The number of carbonyl (C=O) groups is 1. The van der Waals surface area contributed by atoms with Gasteiger partial charge in [-0.2, -0.15) is 0 Å². The van der Waals surface area contributed by atoms with Crippen molar-refractivity contribution >= 4 is 17.2 Å². The summed E-state index contributed by atoms with van der Waals surface area (Å²) in [5.74, 6) is -0.0377. The molecule has 1 fully saturated rings. The second-order valence-electron chi connectivity index (χ2n) is 5.43. The van der Waals surface area contributed by atoms with Gasteiger partial charge in [-0.1, -0.05) is 0 Å². The number of carbonyl (C=O) groups excluding carboxylic acids is 1. The zero-order chi connectivity index (χ0) is 16.2. The predicted molar refractivity (Wildman–Crippen MR) is 87.6 cm³/mol. The molecule has 0 saturated carbocycles. The Hall–Kier alpha value is -1.83. The van der Waals surface area contributed by atoms with Crippen LogP contribution in [0.4, 0.5) is 0 Å². The minimum absolute atomic E-state index is 0.0377. The van der Waals surface area contributed by atoms with E-state index in [-0.39, 0.29) is 12.0 Å². The second kappa shape index (κ2) is 7.16. The summed E-state index contributed by atoms with van der Waals surface area (Å²) in [6.07, 6.45) is 3.41. The van der Waals surface area contributed by atoms with Gasteiger partial charge < -0.3 is 14.4 Å². The fourth-order valence-corrected chi connectivity index (χ4v) is 3.46. The summed E-state index contributed by atoms with van der Waals surface area (Å²) in [4.78, 5) is 23.6. The first-order valence-corrected chi connectivity index (χ1v) is 8.29. The van der Waals surface area contributed by atoms with Crippen LogP contribution in [0.2, 0.25) is 0 Å². The van der Waals surface area contributed by atoms with Gasteiger partial charge in [0.25, 0.3) is 5.91 Å². The van der Waals surface area contributed by atoms with Gasteiger partial charge in [0.15, 0.2) is 0 Å². The van der Waals surface area contributed by atoms with Gasteiger partial charge >= 0.3 is 0 Å². The number of ether oxygens (including phenoxy) is 2. The molecule has 0 aliphatic carbocycles. The van der Waals surface area contributed by atoms with Crippen molar-refractivity contribution in [3.05, 3.63) is 35.1 Å². The van der Waals surface area contributed by atoms with E-state index in [0.717, 1.165) is 16.3 Å². The normalized spacial score (nSPS) is 17.9. The summed E-state index contributed by atoms with van der Waals surface area (Å²) >= 11 is 1.40. The number of aryl methyl sites for hydroxylation is 1. The molecule has 1 unspecified atom stereocenters. The minimum Gasteiger partial charge on any atom is -0.376 e. The zero-order valence-electron chi connectivity index (χ0n) is 13.2. The van der Waals surface area contributed by atoms with E-state index in [1.807, 2.05) is 19.1 Å². The summed E-state index contributed by atoms with van der Waals surface area (Å²) in [5, 5.41) is 0.810. The third kappa shape index (κ3) is 3.74. The van der Waals surface area contributed by atoms with Crippen LogP contribution in [0.5, 0.6) is 0 Å². The Bertz CT molecular complexity index is 668.